The van der Waals surface area contributed by atoms with Gasteiger partial charge < -0.3 is 10.1 Å². The summed E-state index contributed by atoms with van der Waals surface area (Å²) in [6.45, 7) is 7.59. The van der Waals surface area contributed by atoms with Gasteiger partial charge in [0, 0.05) is 18.6 Å². The number of alkyl carbamates (subject to hydrolysis) is 1. The van der Waals surface area contributed by atoms with Crippen LogP contribution in [0.25, 0.3) is 0 Å². The van der Waals surface area contributed by atoms with Crippen molar-refractivity contribution < 1.29 is 9.53 Å². The summed E-state index contributed by atoms with van der Waals surface area (Å²) < 4.78 is 5.24. The Kier molecular flexibility index (Phi) is 3.61. The molecule has 1 aliphatic carbocycles. The molecule has 98 valence electrons. The number of rotatable bonds is 3. The second-order valence-electron chi connectivity index (χ2n) is 6.15. The van der Waals surface area contributed by atoms with Crippen molar-refractivity contribution in [1.82, 2.24) is 10.2 Å². The molecule has 1 saturated carbocycles. The first kappa shape index (κ1) is 12.7. The van der Waals surface area contributed by atoms with Gasteiger partial charge in [0.15, 0.2) is 0 Å². The van der Waals surface area contributed by atoms with Gasteiger partial charge in [0.2, 0.25) is 0 Å². The van der Waals surface area contributed by atoms with Crippen LogP contribution in [0.1, 0.15) is 46.5 Å². The monoisotopic (exact) mass is 240 g/mol. The molecule has 17 heavy (non-hydrogen) atoms. The highest BCUT2D eigenvalue weighted by Gasteiger charge is 2.36. The van der Waals surface area contributed by atoms with Crippen molar-refractivity contribution in [3.8, 4) is 0 Å². The largest absolute Gasteiger partial charge is 0.444 e. The van der Waals surface area contributed by atoms with E-state index in [9.17, 15) is 4.79 Å². The summed E-state index contributed by atoms with van der Waals surface area (Å²) in [6.07, 6.45) is 4.84. The van der Waals surface area contributed by atoms with Crippen molar-refractivity contribution in [1.29, 1.82) is 0 Å². The Morgan fingerprint density at radius 3 is 2.65 bits per heavy atom. The van der Waals surface area contributed by atoms with Gasteiger partial charge in [-0.1, -0.05) is 0 Å². The quantitative estimate of drug-likeness (QED) is 0.821. The number of nitrogens with zero attached hydrogens (tertiary/aromatic N) is 1. The number of carbonyl (C=O) groups is 1. The highest BCUT2D eigenvalue weighted by Crippen LogP contribution is 2.33. The Labute approximate surface area is 104 Å². The summed E-state index contributed by atoms with van der Waals surface area (Å²) in [7, 11) is 0. The lowest BCUT2D eigenvalue weighted by molar-refractivity contribution is 0.0512. The zero-order valence-corrected chi connectivity index (χ0v) is 11.2. The van der Waals surface area contributed by atoms with Crippen LogP contribution in [0.4, 0.5) is 4.79 Å². The standard InChI is InChI=1S/C13H24N2O2/c1-13(2,3)17-12(16)14-9-11-5-4-8-15(11)10-6-7-10/h10-11H,4-9H2,1-3H3,(H,14,16). The van der Waals surface area contributed by atoms with Crippen LogP contribution in [-0.4, -0.2) is 41.8 Å². The Morgan fingerprint density at radius 1 is 1.35 bits per heavy atom. The summed E-state index contributed by atoms with van der Waals surface area (Å²) in [6, 6.07) is 1.32. The fourth-order valence-corrected chi connectivity index (χ4v) is 2.48. The SMILES string of the molecule is CC(C)(C)OC(=O)NCC1CCCN1C1CC1. The topological polar surface area (TPSA) is 41.6 Å². The third-order valence-corrected chi connectivity index (χ3v) is 3.32. The third-order valence-electron chi connectivity index (χ3n) is 3.32. The Bertz CT molecular complexity index is 282. The molecule has 4 heteroatoms. The number of likely N-dealkylation sites (tertiary alicyclic amines) is 1. The van der Waals surface area contributed by atoms with Crippen LogP contribution >= 0.6 is 0 Å². The molecule has 1 saturated heterocycles. The van der Waals surface area contributed by atoms with Crippen LogP contribution in [0.15, 0.2) is 0 Å². The number of amides is 1. The van der Waals surface area contributed by atoms with E-state index in [1.54, 1.807) is 0 Å². The first-order valence-corrected chi connectivity index (χ1v) is 6.68. The zero-order chi connectivity index (χ0) is 12.5. The zero-order valence-electron chi connectivity index (χ0n) is 11.2. The van der Waals surface area contributed by atoms with Crippen molar-refractivity contribution in [2.45, 2.75) is 64.1 Å². The average Bonchev–Trinajstić information content (AvgIpc) is 2.92. The molecule has 1 atom stereocenters. The molecular formula is C13H24N2O2. The van der Waals surface area contributed by atoms with Crippen LogP contribution in [0.3, 0.4) is 0 Å². The van der Waals surface area contributed by atoms with E-state index in [2.05, 4.69) is 10.2 Å². The van der Waals surface area contributed by atoms with Crippen LogP contribution in [0, 0.1) is 0 Å². The molecule has 0 radical (unpaired) electrons. The average molecular weight is 240 g/mol. The van der Waals surface area contributed by atoms with Crippen molar-refractivity contribution in [2.24, 2.45) is 0 Å². The Balaban J connectivity index is 1.72. The van der Waals surface area contributed by atoms with Crippen LogP contribution < -0.4 is 5.32 Å². The molecule has 2 rings (SSSR count). The maximum absolute atomic E-state index is 11.6. The Hall–Kier alpha value is -0.770. The second kappa shape index (κ2) is 4.84. The maximum Gasteiger partial charge on any atom is 0.407 e. The lowest BCUT2D eigenvalue weighted by Gasteiger charge is -2.25. The van der Waals surface area contributed by atoms with Crippen LogP contribution in [0.2, 0.25) is 0 Å². The number of hydrogen-bond acceptors (Lipinski definition) is 3. The molecule has 1 N–H and O–H groups in total. The number of nitrogens with one attached hydrogen (secondary N) is 1. The van der Waals surface area contributed by atoms with Crippen LogP contribution in [0.5, 0.6) is 0 Å². The summed E-state index contributed by atoms with van der Waals surface area (Å²) in [5, 5.41) is 2.89. The van der Waals surface area contributed by atoms with Gasteiger partial charge in [-0.2, -0.15) is 0 Å². The van der Waals surface area contributed by atoms with Gasteiger partial charge in [-0.3, -0.25) is 4.90 Å². The molecule has 0 aromatic heterocycles. The van der Waals surface area contributed by atoms with Gasteiger partial charge in [-0.15, -0.1) is 0 Å². The molecule has 0 aromatic rings. The molecule has 0 bridgehead atoms. The van der Waals surface area contributed by atoms with Crippen LogP contribution in [-0.2, 0) is 4.74 Å². The van der Waals surface area contributed by atoms with Gasteiger partial charge in [0.05, 0.1) is 0 Å². The summed E-state index contributed by atoms with van der Waals surface area (Å²) >= 11 is 0. The van der Waals surface area contributed by atoms with Gasteiger partial charge in [-0.05, 0) is 53.0 Å². The first-order valence-electron chi connectivity index (χ1n) is 6.68. The smallest absolute Gasteiger partial charge is 0.407 e. The van der Waals surface area contributed by atoms with Crippen molar-refractivity contribution >= 4 is 6.09 Å². The summed E-state index contributed by atoms with van der Waals surface area (Å²) in [4.78, 5) is 14.1. The molecule has 4 nitrogen and oxygen atoms in total. The van der Waals surface area contributed by atoms with E-state index in [1.807, 2.05) is 20.8 Å². The molecule has 0 aromatic carbocycles. The fourth-order valence-electron chi connectivity index (χ4n) is 2.48. The van der Waals surface area contributed by atoms with Crippen molar-refractivity contribution in [3.05, 3.63) is 0 Å². The lowest BCUT2D eigenvalue weighted by atomic mass is 10.2. The minimum atomic E-state index is -0.407. The molecule has 2 fully saturated rings. The van der Waals surface area contributed by atoms with Gasteiger partial charge in [0.1, 0.15) is 5.60 Å². The minimum Gasteiger partial charge on any atom is -0.444 e. The van der Waals surface area contributed by atoms with E-state index in [4.69, 9.17) is 4.74 Å². The molecular weight excluding hydrogens is 216 g/mol. The maximum atomic E-state index is 11.6. The third kappa shape index (κ3) is 3.87. The second-order valence-corrected chi connectivity index (χ2v) is 6.15. The van der Waals surface area contributed by atoms with Gasteiger partial charge in [-0.25, -0.2) is 4.79 Å². The van der Waals surface area contributed by atoms with Crippen molar-refractivity contribution in [3.63, 3.8) is 0 Å². The van der Waals surface area contributed by atoms with E-state index < -0.39 is 5.60 Å². The lowest BCUT2D eigenvalue weighted by Crippen LogP contribution is -2.42. The highest BCUT2D eigenvalue weighted by atomic mass is 16.6. The summed E-state index contributed by atoms with van der Waals surface area (Å²) in [5.74, 6) is 0. The molecule has 2 aliphatic rings. The number of carbonyl (C=O) groups excluding carboxylic acids is 1. The normalized spacial score (nSPS) is 25.9. The fraction of sp³-hybridized carbons (Fsp3) is 0.923. The summed E-state index contributed by atoms with van der Waals surface area (Å²) in [5.41, 5.74) is -0.407. The predicted molar refractivity (Wildman–Crippen MR) is 67.0 cm³/mol. The van der Waals surface area contributed by atoms with E-state index in [-0.39, 0.29) is 6.09 Å². The molecule has 1 heterocycles. The van der Waals surface area contributed by atoms with E-state index in [0.29, 0.717) is 6.04 Å². The van der Waals surface area contributed by atoms with Gasteiger partial charge in [0.25, 0.3) is 0 Å². The first-order chi connectivity index (χ1) is 7.96. The predicted octanol–water partition coefficient (Wildman–Crippen LogP) is 2.14. The van der Waals surface area contributed by atoms with Crippen molar-refractivity contribution in [2.75, 3.05) is 13.1 Å². The van der Waals surface area contributed by atoms with E-state index in [1.165, 1.54) is 32.2 Å². The Morgan fingerprint density at radius 2 is 2.06 bits per heavy atom. The molecule has 1 aliphatic heterocycles. The number of ether oxygens (including phenoxy) is 1. The number of hydrogen-bond donors (Lipinski definition) is 1. The minimum absolute atomic E-state index is 0.292. The van der Waals surface area contributed by atoms with E-state index in [0.717, 1.165) is 12.6 Å². The van der Waals surface area contributed by atoms with Gasteiger partial charge >= 0.3 is 6.09 Å². The molecule has 1 amide bonds. The highest BCUT2D eigenvalue weighted by molar-refractivity contribution is 5.67. The molecule has 1 unspecified atom stereocenters. The molecule has 0 spiro atoms. The van der Waals surface area contributed by atoms with E-state index >= 15 is 0 Å².